The lowest BCUT2D eigenvalue weighted by Crippen LogP contribution is -2.57. The Labute approximate surface area is 208 Å². The highest BCUT2D eigenvalue weighted by Gasteiger charge is 2.40. The highest BCUT2D eigenvalue weighted by Crippen LogP contribution is 2.40. The second kappa shape index (κ2) is 10.8. The van der Waals surface area contributed by atoms with Crippen molar-refractivity contribution in [1.82, 2.24) is 10.2 Å². The summed E-state index contributed by atoms with van der Waals surface area (Å²) >= 11 is 0. The van der Waals surface area contributed by atoms with Crippen molar-refractivity contribution in [2.45, 2.75) is 76.7 Å². The van der Waals surface area contributed by atoms with E-state index in [1.165, 1.54) is 24.8 Å². The van der Waals surface area contributed by atoms with Crippen molar-refractivity contribution in [3.63, 3.8) is 0 Å². The zero-order valence-corrected chi connectivity index (χ0v) is 20.8. The summed E-state index contributed by atoms with van der Waals surface area (Å²) in [5.74, 6) is -0.145. The SMILES string of the molecule is O=C(CN1C(=O)C2CCCCN2c2ccc(C(=O)N3CCCCC3)cc21)NCCC1=CCCCC1. The molecule has 1 unspecified atom stereocenters. The number of benzene rings is 1. The van der Waals surface area contributed by atoms with Crippen molar-refractivity contribution >= 4 is 29.1 Å². The molecule has 4 aliphatic rings. The predicted molar refractivity (Wildman–Crippen MR) is 138 cm³/mol. The van der Waals surface area contributed by atoms with E-state index in [1.54, 1.807) is 4.90 Å². The molecule has 1 atom stereocenters. The number of piperidine rings is 2. The van der Waals surface area contributed by atoms with Gasteiger partial charge in [-0.15, -0.1) is 0 Å². The Morgan fingerprint density at radius 1 is 0.943 bits per heavy atom. The first-order valence-corrected chi connectivity index (χ1v) is 13.6. The summed E-state index contributed by atoms with van der Waals surface area (Å²) in [5, 5.41) is 3.03. The Balaban J connectivity index is 1.34. The molecule has 188 valence electrons. The highest BCUT2D eigenvalue weighted by molar-refractivity contribution is 6.09. The average molecular weight is 479 g/mol. The molecule has 0 aromatic heterocycles. The number of fused-ring (bicyclic) bond motifs is 3. The Kier molecular flexibility index (Phi) is 7.40. The molecule has 3 aliphatic heterocycles. The zero-order chi connectivity index (χ0) is 24.2. The van der Waals surface area contributed by atoms with E-state index in [4.69, 9.17) is 0 Å². The van der Waals surface area contributed by atoms with Gasteiger partial charge in [-0.1, -0.05) is 11.6 Å². The monoisotopic (exact) mass is 478 g/mol. The minimum Gasteiger partial charge on any atom is -0.358 e. The Bertz CT molecular complexity index is 998. The molecule has 0 bridgehead atoms. The van der Waals surface area contributed by atoms with Gasteiger partial charge in [0.1, 0.15) is 12.6 Å². The molecule has 2 saturated heterocycles. The maximum Gasteiger partial charge on any atom is 0.253 e. The number of hydrogen-bond acceptors (Lipinski definition) is 4. The van der Waals surface area contributed by atoms with Crippen LogP contribution in [0.15, 0.2) is 29.8 Å². The third-order valence-electron chi connectivity index (χ3n) is 7.97. The van der Waals surface area contributed by atoms with Crippen LogP contribution in [0.2, 0.25) is 0 Å². The number of rotatable bonds is 6. The molecule has 1 aromatic rings. The highest BCUT2D eigenvalue weighted by atomic mass is 16.2. The van der Waals surface area contributed by atoms with Crippen LogP contribution in [-0.4, -0.2) is 61.4 Å². The quantitative estimate of drug-likeness (QED) is 0.627. The normalized spacial score (nSPS) is 22.3. The first-order valence-electron chi connectivity index (χ1n) is 13.6. The van der Waals surface area contributed by atoms with Gasteiger partial charge in [0.2, 0.25) is 11.8 Å². The van der Waals surface area contributed by atoms with Crippen molar-refractivity contribution in [3.8, 4) is 0 Å². The summed E-state index contributed by atoms with van der Waals surface area (Å²) in [5.41, 5.74) is 3.68. The van der Waals surface area contributed by atoms with Crippen LogP contribution >= 0.6 is 0 Å². The molecule has 0 spiro atoms. The maximum absolute atomic E-state index is 13.6. The topological polar surface area (TPSA) is 73.0 Å². The summed E-state index contributed by atoms with van der Waals surface area (Å²) in [6.07, 6.45) is 14.0. The molecule has 1 aromatic carbocycles. The third kappa shape index (κ3) is 5.24. The number of amides is 3. The molecular formula is C28H38N4O3. The number of nitrogens with zero attached hydrogens (tertiary/aromatic N) is 3. The second-order valence-corrected chi connectivity index (χ2v) is 10.4. The van der Waals surface area contributed by atoms with Crippen molar-refractivity contribution in [2.75, 3.05) is 42.5 Å². The average Bonchev–Trinajstić information content (AvgIpc) is 2.91. The third-order valence-corrected chi connectivity index (χ3v) is 7.97. The van der Waals surface area contributed by atoms with E-state index in [-0.39, 0.29) is 30.3 Å². The van der Waals surface area contributed by atoms with Gasteiger partial charge in [-0.3, -0.25) is 19.3 Å². The molecule has 0 radical (unpaired) electrons. The molecule has 1 aliphatic carbocycles. The van der Waals surface area contributed by atoms with Crippen LogP contribution in [0, 0.1) is 0 Å². The maximum atomic E-state index is 13.6. The molecule has 7 heteroatoms. The van der Waals surface area contributed by atoms with E-state index in [1.807, 2.05) is 23.1 Å². The number of hydrogen-bond donors (Lipinski definition) is 1. The molecule has 35 heavy (non-hydrogen) atoms. The van der Waals surface area contributed by atoms with Crippen molar-refractivity contribution in [3.05, 3.63) is 35.4 Å². The van der Waals surface area contributed by atoms with E-state index in [2.05, 4.69) is 16.3 Å². The van der Waals surface area contributed by atoms with E-state index in [9.17, 15) is 14.4 Å². The molecule has 5 rings (SSSR count). The molecule has 3 amide bonds. The molecule has 3 heterocycles. The number of likely N-dealkylation sites (tertiary alicyclic amines) is 1. The van der Waals surface area contributed by atoms with Crippen LogP contribution in [0.5, 0.6) is 0 Å². The Hall–Kier alpha value is -2.83. The van der Waals surface area contributed by atoms with Crippen LogP contribution in [0.4, 0.5) is 11.4 Å². The van der Waals surface area contributed by atoms with Gasteiger partial charge in [0, 0.05) is 31.7 Å². The summed E-state index contributed by atoms with van der Waals surface area (Å²) in [4.78, 5) is 45.4. The smallest absolute Gasteiger partial charge is 0.253 e. The Morgan fingerprint density at radius 2 is 1.77 bits per heavy atom. The minimum absolute atomic E-state index is 0.00339. The van der Waals surface area contributed by atoms with Crippen molar-refractivity contribution in [1.29, 1.82) is 0 Å². The fraction of sp³-hybridized carbons (Fsp3) is 0.607. The molecule has 7 nitrogen and oxygen atoms in total. The van der Waals surface area contributed by atoms with Crippen LogP contribution in [0.3, 0.4) is 0 Å². The van der Waals surface area contributed by atoms with Gasteiger partial charge >= 0.3 is 0 Å². The molecule has 2 fully saturated rings. The number of nitrogens with one attached hydrogen (secondary N) is 1. The van der Waals surface area contributed by atoms with Crippen molar-refractivity contribution < 1.29 is 14.4 Å². The molecule has 0 saturated carbocycles. The van der Waals surface area contributed by atoms with Gasteiger partial charge in [0.05, 0.1) is 11.4 Å². The zero-order valence-electron chi connectivity index (χ0n) is 20.8. The summed E-state index contributed by atoms with van der Waals surface area (Å²) in [6, 6.07) is 5.50. The van der Waals surface area contributed by atoms with Gasteiger partial charge in [-0.2, -0.15) is 0 Å². The Morgan fingerprint density at radius 3 is 2.57 bits per heavy atom. The standard InChI is InChI=1S/C28H38N4O3/c33-26(29-15-14-21-9-3-1-4-10-21)20-32-25-19-22(27(34)30-16-6-2-7-17-30)12-13-23(25)31-18-8-5-11-24(31)28(32)35/h9,12-13,19,24H,1-8,10-11,14-18,20H2,(H,29,33). The number of carbonyl (C=O) groups excluding carboxylic acids is 3. The summed E-state index contributed by atoms with van der Waals surface area (Å²) < 4.78 is 0. The van der Waals surface area contributed by atoms with Gasteiger partial charge < -0.3 is 15.1 Å². The van der Waals surface area contributed by atoms with E-state index >= 15 is 0 Å². The molecule has 1 N–H and O–H groups in total. The lowest BCUT2D eigenvalue weighted by atomic mass is 9.95. The van der Waals surface area contributed by atoms with Gasteiger partial charge in [-0.05, 0) is 88.8 Å². The first kappa shape index (κ1) is 23.9. The first-order chi connectivity index (χ1) is 17.1. The van der Waals surface area contributed by atoms with Crippen molar-refractivity contribution in [2.24, 2.45) is 0 Å². The molecular weight excluding hydrogens is 440 g/mol. The van der Waals surface area contributed by atoms with E-state index < -0.39 is 0 Å². The van der Waals surface area contributed by atoms with Gasteiger partial charge in [-0.25, -0.2) is 0 Å². The van der Waals surface area contributed by atoms with E-state index in [0.717, 1.165) is 76.7 Å². The number of anilines is 2. The lowest BCUT2D eigenvalue weighted by Gasteiger charge is -2.45. The van der Waals surface area contributed by atoms with Gasteiger partial charge in [0.25, 0.3) is 5.91 Å². The van der Waals surface area contributed by atoms with Crippen LogP contribution in [0.1, 0.15) is 81.0 Å². The fourth-order valence-electron chi connectivity index (χ4n) is 6.03. The lowest BCUT2D eigenvalue weighted by molar-refractivity contribution is -0.124. The van der Waals surface area contributed by atoms with Crippen LogP contribution in [0.25, 0.3) is 0 Å². The largest absolute Gasteiger partial charge is 0.358 e. The fourth-order valence-corrected chi connectivity index (χ4v) is 6.03. The van der Waals surface area contributed by atoms with E-state index in [0.29, 0.717) is 17.8 Å². The predicted octanol–water partition coefficient (Wildman–Crippen LogP) is 4.02. The number of carbonyl (C=O) groups is 3. The summed E-state index contributed by atoms with van der Waals surface area (Å²) in [6.45, 7) is 2.99. The summed E-state index contributed by atoms with van der Waals surface area (Å²) in [7, 11) is 0. The van der Waals surface area contributed by atoms with Crippen LogP contribution < -0.4 is 15.1 Å². The number of allylic oxidation sites excluding steroid dienone is 1. The van der Waals surface area contributed by atoms with Crippen LogP contribution in [-0.2, 0) is 9.59 Å². The minimum atomic E-state index is -0.222. The van der Waals surface area contributed by atoms with Gasteiger partial charge in [0.15, 0.2) is 0 Å². The second-order valence-electron chi connectivity index (χ2n) is 10.4.